The molecule has 4 aromatic rings. The Morgan fingerprint density at radius 2 is 1.74 bits per heavy atom. The molecule has 8 nitrogen and oxygen atoms in total. The van der Waals surface area contributed by atoms with Gasteiger partial charge in [-0.3, -0.25) is 19.7 Å². The number of hydrogen-bond donors (Lipinski definition) is 2. The zero-order chi connectivity index (χ0) is 23.9. The molecule has 3 aromatic carbocycles. The normalized spacial score (nSPS) is 10.7. The van der Waals surface area contributed by atoms with Gasteiger partial charge in [0.05, 0.1) is 20.9 Å². The predicted molar refractivity (Wildman–Crippen MR) is 135 cm³/mol. The van der Waals surface area contributed by atoms with Gasteiger partial charge < -0.3 is 10.6 Å². The van der Waals surface area contributed by atoms with Crippen LogP contribution in [0.25, 0.3) is 10.2 Å². The van der Waals surface area contributed by atoms with Crippen LogP contribution in [0.2, 0.25) is 0 Å². The number of aromatic nitrogens is 1. The van der Waals surface area contributed by atoms with Crippen LogP contribution in [0.15, 0.2) is 77.1 Å². The molecule has 0 bridgehead atoms. The Kier molecular flexibility index (Phi) is 7.51. The molecule has 0 saturated carbocycles. The molecule has 0 aliphatic heterocycles. The molecule has 0 atom stereocenters. The summed E-state index contributed by atoms with van der Waals surface area (Å²) in [5.41, 5.74) is 2.59. The number of nitro groups is 1. The van der Waals surface area contributed by atoms with Crippen molar-refractivity contribution >= 4 is 62.2 Å². The third kappa shape index (κ3) is 6.18. The largest absolute Gasteiger partial charge is 0.326 e. The number of hydrogen-bond acceptors (Lipinski definition) is 7. The maximum absolute atomic E-state index is 12.3. The zero-order valence-corrected chi connectivity index (χ0v) is 19.5. The first kappa shape index (κ1) is 23.4. The van der Waals surface area contributed by atoms with Gasteiger partial charge in [-0.2, -0.15) is 0 Å². The molecule has 0 spiro atoms. The van der Waals surface area contributed by atoms with E-state index in [0.29, 0.717) is 22.9 Å². The third-order valence-electron chi connectivity index (χ3n) is 4.84. The quantitative estimate of drug-likeness (QED) is 0.181. The fourth-order valence-corrected chi connectivity index (χ4v) is 5.13. The topological polar surface area (TPSA) is 114 Å². The monoisotopic (exact) mass is 492 g/mol. The van der Waals surface area contributed by atoms with Crippen molar-refractivity contribution in [3.63, 3.8) is 0 Å². The van der Waals surface area contributed by atoms with Crippen molar-refractivity contribution in [3.8, 4) is 0 Å². The van der Waals surface area contributed by atoms with E-state index in [4.69, 9.17) is 0 Å². The Morgan fingerprint density at radius 1 is 0.971 bits per heavy atom. The lowest BCUT2D eigenvalue weighted by atomic mass is 10.1. The molecule has 0 aliphatic rings. The smallest absolute Gasteiger partial charge is 0.292 e. The van der Waals surface area contributed by atoms with E-state index in [9.17, 15) is 19.7 Å². The SMILES string of the molecule is O=C(CCc1ccccc1)Nc1ccc2nc(SCC(=O)Nc3ccccc3[N+](=O)[O-])sc2c1. The number of carbonyl (C=O) groups is 2. The lowest BCUT2D eigenvalue weighted by Crippen LogP contribution is -2.15. The number of carbonyl (C=O) groups excluding carboxylic acids is 2. The number of thioether (sulfide) groups is 1. The molecule has 0 unspecified atom stereocenters. The first-order chi connectivity index (χ1) is 16.5. The van der Waals surface area contributed by atoms with Crippen molar-refractivity contribution in [1.82, 2.24) is 4.98 Å². The van der Waals surface area contributed by atoms with Crippen molar-refractivity contribution in [1.29, 1.82) is 0 Å². The van der Waals surface area contributed by atoms with Crippen molar-refractivity contribution in [3.05, 3.63) is 88.5 Å². The van der Waals surface area contributed by atoms with Crippen LogP contribution in [0.1, 0.15) is 12.0 Å². The van der Waals surface area contributed by atoms with Crippen LogP contribution in [0, 0.1) is 10.1 Å². The average Bonchev–Trinajstić information content (AvgIpc) is 3.24. The maximum Gasteiger partial charge on any atom is 0.292 e. The molecule has 0 fully saturated rings. The minimum absolute atomic E-state index is 0.0611. The van der Waals surface area contributed by atoms with Crippen LogP contribution in [0.3, 0.4) is 0 Å². The number of rotatable bonds is 9. The van der Waals surface area contributed by atoms with Gasteiger partial charge in [-0.1, -0.05) is 54.2 Å². The molecule has 0 saturated heterocycles. The van der Waals surface area contributed by atoms with Crippen molar-refractivity contribution in [2.75, 3.05) is 16.4 Å². The van der Waals surface area contributed by atoms with Gasteiger partial charge in [0.15, 0.2) is 4.34 Å². The molecule has 0 aliphatic carbocycles. The Morgan fingerprint density at radius 3 is 2.53 bits per heavy atom. The second-order valence-electron chi connectivity index (χ2n) is 7.31. The minimum Gasteiger partial charge on any atom is -0.326 e. The van der Waals surface area contributed by atoms with Gasteiger partial charge in [0.2, 0.25) is 11.8 Å². The molecule has 2 N–H and O–H groups in total. The fraction of sp³-hybridized carbons (Fsp3) is 0.125. The number of nitrogens with one attached hydrogen (secondary N) is 2. The Balaban J connectivity index is 1.32. The van der Waals surface area contributed by atoms with E-state index < -0.39 is 4.92 Å². The highest BCUT2D eigenvalue weighted by molar-refractivity contribution is 8.01. The number of amides is 2. The van der Waals surface area contributed by atoms with E-state index in [1.165, 1.54) is 35.2 Å². The van der Waals surface area contributed by atoms with E-state index in [0.717, 1.165) is 15.8 Å². The predicted octanol–water partition coefficient (Wildman–Crippen LogP) is 5.51. The van der Waals surface area contributed by atoms with Gasteiger partial charge in [-0.15, -0.1) is 11.3 Å². The van der Waals surface area contributed by atoms with E-state index in [1.54, 1.807) is 18.2 Å². The standard InChI is InChI=1S/C24H20N4O4S2/c29-22(13-10-16-6-2-1-3-7-16)25-17-11-12-19-21(14-17)34-24(27-19)33-15-23(30)26-18-8-4-5-9-20(18)28(31)32/h1-9,11-12,14H,10,13,15H2,(H,25,29)(H,26,30). The summed E-state index contributed by atoms with van der Waals surface area (Å²) in [7, 11) is 0. The summed E-state index contributed by atoms with van der Waals surface area (Å²) in [6, 6.07) is 21.4. The molecule has 34 heavy (non-hydrogen) atoms. The highest BCUT2D eigenvalue weighted by Crippen LogP contribution is 2.32. The number of para-hydroxylation sites is 2. The number of nitrogens with zero attached hydrogens (tertiary/aromatic N) is 2. The molecular weight excluding hydrogens is 472 g/mol. The summed E-state index contributed by atoms with van der Waals surface area (Å²) in [5, 5.41) is 16.6. The summed E-state index contributed by atoms with van der Waals surface area (Å²) >= 11 is 2.67. The highest BCUT2D eigenvalue weighted by atomic mass is 32.2. The van der Waals surface area contributed by atoms with E-state index in [2.05, 4.69) is 15.6 Å². The first-order valence-corrected chi connectivity index (χ1v) is 12.2. The second-order valence-corrected chi connectivity index (χ2v) is 9.56. The van der Waals surface area contributed by atoms with Crippen molar-refractivity contribution in [2.45, 2.75) is 17.2 Å². The van der Waals surface area contributed by atoms with Gasteiger partial charge in [0.25, 0.3) is 5.69 Å². The highest BCUT2D eigenvalue weighted by Gasteiger charge is 2.15. The van der Waals surface area contributed by atoms with Crippen LogP contribution in [-0.4, -0.2) is 27.5 Å². The molecule has 1 aromatic heterocycles. The molecule has 1 heterocycles. The number of nitro benzene ring substituents is 1. The molecule has 4 rings (SSSR count). The van der Waals surface area contributed by atoms with E-state index in [-0.39, 0.29) is 28.9 Å². The first-order valence-electron chi connectivity index (χ1n) is 10.4. The molecule has 172 valence electrons. The van der Waals surface area contributed by atoms with Gasteiger partial charge in [-0.25, -0.2) is 4.98 Å². The summed E-state index contributed by atoms with van der Waals surface area (Å²) in [5.74, 6) is -0.353. The Labute approximate surface area is 203 Å². The number of thiazole rings is 1. The van der Waals surface area contributed by atoms with E-state index >= 15 is 0 Å². The van der Waals surface area contributed by atoms with Gasteiger partial charge in [0, 0.05) is 18.2 Å². The average molecular weight is 493 g/mol. The molecule has 0 radical (unpaired) electrons. The number of anilines is 2. The van der Waals surface area contributed by atoms with Crippen molar-refractivity contribution in [2.24, 2.45) is 0 Å². The van der Waals surface area contributed by atoms with Crippen LogP contribution in [-0.2, 0) is 16.0 Å². The van der Waals surface area contributed by atoms with E-state index in [1.807, 2.05) is 42.5 Å². The number of fused-ring (bicyclic) bond motifs is 1. The molecule has 2 amide bonds. The van der Waals surface area contributed by atoms with Crippen LogP contribution in [0.5, 0.6) is 0 Å². The zero-order valence-electron chi connectivity index (χ0n) is 17.9. The second kappa shape index (κ2) is 10.9. The van der Waals surface area contributed by atoms with Crippen molar-refractivity contribution < 1.29 is 14.5 Å². The maximum atomic E-state index is 12.3. The summed E-state index contributed by atoms with van der Waals surface area (Å²) in [4.78, 5) is 39.7. The Hall–Kier alpha value is -3.76. The van der Waals surface area contributed by atoms with Crippen LogP contribution in [0.4, 0.5) is 17.1 Å². The van der Waals surface area contributed by atoms with Gasteiger partial charge >= 0.3 is 0 Å². The molecule has 10 heteroatoms. The number of benzene rings is 3. The summed E-state index contributed by atoms with van der Waals surface area (Å²) in [6.07, 6.45) is 1.06. The fourth-order valence-electron chi connectivity index (χ4n) is 3.22. The lowest BCUT2D eigenvalue weighted by molar-refractivity contribution is -0.383. The number of aryl methyl sites for hydroxylation is 1. The van der Waals surface area contributed by atoms with Gasteiger partial charge in [-0.05, 0) is 36.2 Å². The summed E-state index contributed by atoms with van der Waals surface area (Å²) in [6.45, 7) is 0. The summed E-state index contributed by atoms with van der Waals surface area (Å²) < 4.78 is 1.59. The molecular formula is C24H20N4O4S2. The third-order valence-corrected chi connectivity index (χ3v) is 7.00. The van der Waals surface area contributed by atoms with Crippen LogP contribution < -0.4 is 10.6 Å². The van der Waals surface area contributed by atoms with Crippen LogP contribution >= 0.6 is 23.1 Å². The minimum atomic E-state index is -0.533. The Bertz CT molecular complexity index is 1340. The van der Waals surface area contributed by atoms with Gasteiger partial charge in [0.1, 0.15) is 5.69 Å². The lowest BCUT2D eigenvalue weighted by Gasteiger charge is -2.05.